The molecule has 1 heterocycles. The zero-order chi connectivity index (χ0) is 13.5. The molecule has 5 heteroatoms. The van der Waals surface area contributed by atoms with Crippen molar-refractivity contribution in [1.29, 1.82) is 0 Å². The van der Waals surface area contributed by atoms with Gasteiger partial charge in [-0.3, -0.25) is 4.57 Å². The Labute approximate surface area is 115 Å². The third-order valence-electron chi connectivity index (χ3n) is 3.32. The van der Waals surface area contributed by atoms with Gasteiger partial charge in [0.15, 0.2) is 4.77 Å². The van der Waals surface area contributed by atoms with E-state index in [4.69, 9.17) is 12.2 Å². The Balaban J connectivity index is 3.00. The number of anilines is 1. The zero-order valence-electron chi connectivity index (χ0n) is 12.1. The van der Waals surface area contributed by atoms with Crippen LogP contribution in [-0.4, -0.2) is 27.4 Å². The van der Waals surface area contributed by atoms with Gasteiger partial charge in [0.2, 0.25) is 5.95 Å². The SMILES string of the molecule is CCCCN(c1n[nH]c(=S)n1CCC)C(C)CC. The van der Waals surface area contributed by atoms with Gasteiger partial charge in [-0.05, 0) is 38.4 Å². The molecule has 0 amide bonds. The first-order chi connectivity index (χ1) is 8.65. The molecule has 0 aliphatic carbocycles. The molecule has 1 atom stereocenters. The second-order valence-electron chi connectivity index (χ2n) is 4.78. The molecule has 0 bridgehead atoms. The lowest BCUT2D eigenvalue weighted by molar-refractivity contribution is 0.557. The van der Waals surface area contributed by atoms with Gasteiger partial charge in [0, 0.05) is 19.1 Å². The van der Waals surface area contributed by atoms with Crippen LogP contribution in [0.4, 0.5) is 5.95 Å². The average molecular weight is 270 g/mol. The second-order valence-corrected chi connectivity index (χ2v) is 5.17. The van der Waals surface area contributed by atoms with Crippen LogP contribution >= 0.6 is 12.2 Å². The number of aromatic amines is 1. The maximum Gasteiger partial charge on any atom is 0.225 e. The third kappa shape index (κ3) is 3.57. The van der Waals surface area contributed by atoms with Gasteiger partial charge in [0.25, 0.3) is 0 Å². The van der Waals surface area contributed by atoms with Gasteiger partial charge in [-0.2, -0.15) is 0 Å². The van der Waals surface area contributed by atoms with Gasteiger partial charge >= 0.3 is 0 Å². The molecule has 0 saturated heterocycles. The van der Waals surface area contributed by atoms with Crippen molar-refractivity contribution in [3.05, 3.63) is 4.77 Å². The maximum absolute atomic E-state index is 5.31. The predicted octanol–water partition coefficient (Wildman–Crippen LogP) is 3.76. The molecule has 1 rings (SSSR count). The van der Waals surface area contributed by atoms with Gasteiger partial charge in [0.1, 0.15) is 0 Å². The topological polar surface area (TPSA) is 36.9 Å². The van der Waals surface area contributed by atoms with Crippen LogP contribution in [0, 0.1) is 4.77 Å². The minimum absolute atomic E-state index is 0.498. The zero-order valence-corrected chi connectivity index (χ0v) is 12.9. The number of nitrogens with one attached hydrogen (secondary N) is 1. The number of H-pyrrole nitrogens is 1. The van der Waals surface area contributed by atoms with Crippen molar-refractivity contribution >= 4 is 18.2 Å². The molecular formula is C13H26N4S. The summed E-state index contributed by atoms with van der Waals surface area (Å²) in [6.07, 6.45) is 4.58. The molecule has 1 aromatic rings. The van der Waals surface area contributed by atoms with Crippen LogP contribution in [0.5, 0.6) is 0 Å². The Morgan fingerprint density at radius 2 is 2.06 bits per heavy atom. The van der Waals surface area contributed by atoms with Crippen LogP contribution in [0.2, 0.25) is 0 Å². The van der Waals surface area contributed by atoms with E-state index >= 15 is 0 Å². The van der Waals surface area contributed by atoms with Gasteiger partial charge in [-0.1, -0.05) is 27.2 Å². The van der Waals surface area contributed by atoms with Gasteiger partial charge < -0.3 is 4.90 Å². The van der Waals surface area contributed by atoms with E-state index in [0.717, 1.165) is 36.7 Å². The molecule has 0 aromatic carbocycles. The lowest BCUT2D eigenvalue weighted by atomic mass is 10.2. The molecule has 1 N–H and O–H groups in total. The van der Waals surface area contributed by atoms with E-state index in [1.165, 1.54) is 12.8 Å². The van der Waals surface area contributed by atoms with Gasteiger partial charge in [-0.15, -0.1) is 5.10 Å². The first kappa shape index (κ1) is 15.2. The van der Waals surface area contributed by atoms with Crippen molar-refractivity contribution in [1.82, 2.24) is 14.8 Å². The number of rotatable bonds is 8. The first-order valence-electron chi connectivity index (χ1n) is 7.07. The maximum atomic E-state index is 5.31. The van der Waals surface area contributed by atoms with Crippen LogP contribution in [0.25, 0.3) is 0 Å². The highest BCUT2D eigenvalue weighted by Crippen LogP contribution is 2.17. The fourth-order valence-electron chi connectivity index (χ4n) is 2.02. The number of unbranched alkanes of at least 4 members (excludes halogenated alkanes) is 1. The molecule has 18 heavy (non-hydrogen) atoms. The van der Waals surface area contributed by atoms with Gasteiger partial charge in [-0.25, -0.2) is 5.10 Å². The highest BCUT2D eigenvalue weighted by Gasteiger charge is 2.18. The van der Waals surface area contributed by atoms with Crippen molar-refractivity contribution in [2.45, 2.75) is 66.0 Å². The van der Waals surface area contributed by atoms with E-state index in [1.54, 1.807) is 0 Å². The van der Waals surface area contributed by atoms with Crippen molar-refractivity contribution in [2.24, 2.45) is 0 Å². The molecule has 4 nitrogen and oxygen atoms in total. The van der Waals surface area contributed by atoms with E-state index in [2.05, 4.69) is 47.4 Å². The normalized spacial score (nSPS) is 12.7. The molecule has 0 spiro atoms. The summed E-state index contributed by atoms with van der Waals surface area (Å²) in [6.45, 7) is 10.8. The number of hydrogen-bond donors (Lipinski definition) is 1. The lowest BCUT2D eigenvalue weighted by Crippen LogP contribution is -2.35. The van der Waals surface area contributed by atoms with Crippen LogP contribution in [0.15, 0.2) is 0 Å². The minimum atomic E-state index is 0.498. The molecular weight excluding hydrogens is 244 g/mol. The summed E-state index contributed by atoms with van der Waals surface area (Å²) in [7, 11) is 0. The summed E-state index contributed by atoms with van der Waals surface area (Å²) >= 11 is 5.31. The van der Waals surface area contributed by atoms with Crippen LogP contribution in [-0.2, 0) is 6.54 Å². The molecule has 0 saturated carbocycles. The fourth-order valence-corrected chi connectivity index (χ4v) is 2.24. The third-order valence-corrected chi connectivity index (χ3v) is 3.63. The lowest BCUT2D eigenvalue weighted by Gasteiger charge is -2.29. The minimum Gasteiger partial charge on any atom is -0.338 e. The van der Waals surface area contributed by atoms with Crippen LogP contribution in [0.1, 0.15) is 53.4 Å². The first-order valence-corrected chi connectivity index (χ1v) is 7.48. The average Bonchev–Trinajstić information content (AvgIpc) is 2.72. The summed E-state index contributed by atoms with van der Waals surface area (Å²) in [5.74, 6) is 1.00. The summed E-state index contributed by atoms with van der Waals surface area (Å²) in [4.78, 5) is 2.38. The van der Waals surface area contributed by atoms with E-state index < -0.39 is 0 Å². The van der Waals surface area contributed by atoms with Crippen molar-refractivity contribution in [3.8, 4) is 0 Å². The Morgan fingerprint density at radius 3 is 2.61 bits per heavy atom. The van der Waals surface area contributed by atoms with Crippen molar-refractivity contribution < 1.29 is 0 Å². The second kappa shape index (κ2) is 7.56. The van der Waals surface area contributed by atoms with E-state index in [9.17, 15) is 0 Å². The molecule has 0 radical (unpaired) electrons. The fraction of sp³-hybridized carbons (Fsp3) is 0.846. The van der Waals surface area contributed by atoms with Crippen LogP contribution < -0.4 is 4.90 Å². The number of hydrogen-bond acceptors (Lipinski definition) is 3. The Kier molecular flexibility index (Phi) is 6.39. The van der Waals surface area contributed by atoms with Gasteiger partial charge in [0.05, 0.1) is 0 Å². The summed E-state index contributed by atoms with van der Waals surface area (Å²) in [5, 5.41) is 7.36. The summed E-state index contributed by atoms with van der Waals surface area (Å²) in [5.41, 5.74) is 0. The number of aromatic nitrogens is 3. The largest absolute Gasteiger partial charge is 0.338 e. The quantitative estimate of drug-likeness (QED) is 0.731. The summed E-state index contributed by atoms with van der Waals surface area (Å²) in [6, 6.07) is 0.498. The molecule has 104 valence electrons. The van der Waals surface area contributed by atoms with Crippen molar-refractivity contribution in [3.63, 3.8) is 0 Å². The molecule has 0 aliphatic heterocycles. The molecule has 0 aliphatic rings. The standard InChI is InChI=1S/C13H26N4S/c1-5-8-10-16(11(4)7-3)12-14-15-13(18)17(12)9-6-2/h11H,5-10H2,1-4H3,(H,15,18). The highest BCUT2D eigenvalue weighted by atomic mass is 32.1. The molecule has 1 aromatic heterocycles. The van der Waals surface area contributed by atoms with E-state index in [1.807, 2.05) is 0 Å². The molecule has 0 fully saturated rings. The van der Waals surface area contributed by atoms with Crippen molar-refractivity contribution in [2.75, 3.05) is 11.4 Å². The Morgan fingerprint density at radius 1 is 1.33 bits per heavy atom. The molecule has 1 unspecified atom stereocenters. The summed E-state index contributed by atoms with van der Waals surface area (Å²) < 4.78 is 2.86. The van der Waals surface area contributed by atoms with E-state index in [-0.39, 0.29) is 0 Å². The predicted molar refractivity (Wildman–Crippen MR) is 79.7 cm³/mol. The van der Waals surface area contributed by atoms with Crippen LogP contribution in [0.3, 0.4) is 0 Å². The highest BCUT2D eigenvalue weighted by molar-refractivity contribution is 7.71. The monoisotopic (exact) mass is 270 g/mol. The number of nitrogens with zero attached hydrogens (tertiary/aromatic N) is 3. The Bertz CT molecular complexity index is 396. The Hall–Kier alpha value is -0.840. The van der Waals surface area contributed by atoms with E-state index in [0.29, 0.717) is 6.04 Å². The smallest absolute Gasteiger partial charge is 0.225 e.